The summed E-state index contributed by atoms with van der Waals surface area (Å²) in [5.41, 5.74) is 6.03. The van der Waals surface area contributed by atoms with E-state index in [4.69, 9.17) is 16.1 Å². The monoisotopic (exact) mass is 458 g/mol. The molecule has 4 aromatic heterocycles. The van der Waals surface area contributed by atoms with Crippen molar-refractivity contribution in [1.82, 2.24) is 39.7 Å². The number of pyridine rings is 1. The largest absolute Gasteiger partial charge is 0.339 e. The topological polar surface area (TPSA) is 100 Å². The first-order chi connectivity index (χ1) is 16.1. The third-order valence-corrected chi connectivity index (χ3v) is 5.93. The summed E-state index contributed by atoms with van der Waals surface area (Å²) in [5.74, 6) is 1.18. The highest BCUT2D eigenvalue weighted by Gasteiger charge is 2.28. The lowest BCUT2D eigenvalue weighted by Crippen LogP contribution is -2.04. The van der Waals surface area contributed by atoms with Gasteiger partial charge < -0.3 is 4.52 Å². The molecule has 6 rings (SSSR count). The third-order valence-electron chi connectivity index (χ3n) is 5.69. The molecule has 33 heavy (non-hydrogen) atoms. The molecule has 0 radical (unpaired) electrons. The van der Waals surface area contributed by atoms with Gasteiger partial charge in [-0.15, -0.1) is 5.10 Å². The Morgan fingerprint density at radius 1 is 1.09 bits per heavy atom. The van der Waals surface area contributed by atoms with Crippen LogP contribution in [0.25, 0.3) is 22.9 Å². The quantitative estimate of drug-likeness (QED) is 0.390. The zero-order valence-corrected chi connectivity index (χ0v) is 18.7. The molecule has 0 N–H and O–H groups in total. The average Bonchev–Trinajstić information content (AvgIpc) is 3.53. The molecule has 0 spiro atoms. The summed E-state index contributed by atoms with van der Waals surface area (Å²) in [4.78, 5) is 13.7. The summed E-state index contributed by atoms with van der Waals surface area (Å²) >= 11 is 6.36. The number of nitrogens with zero attached hydrogens (tertiary/aromatic N) is 8. The minimum Gasteiger partial charge on any atom is -0.339 e. The van der Waals surface area contributed by atoms with Gasteiger partial charge in [-0.1, -0.05) is 41.9 Å². The molecule has 164 valence electrons. The van der Waals surface area contributed by atoms with Crippen molar-refractivity contribution >= 4 is 11.6 Å². The zero-order valence-electron chi connectivity index (χ0n) is 18.0. The predicted molar refractivity (Wildman–Crippen MR) is 121 cm³/mol. The SMILES string of the molecule is CC(C)c1nc(-c2ncn3c2Cc2c(Cc4ccccn4)nnn2-c2cc(Cl)ccc2-3)no1. The second-order valence-electron chi connectivity index (χ2n) is 8.22. The standard InChI is InChI=1S/C23H19ClN8O/c1-13(2)23-27-22(29-33-23)21-20-11-18-16(10-15-5-3-4-8-25-15)28-30-32(18)19-9-14(24)6-7-17(19)31(20)12-26-21/h3-9,12-13H,10-11H2,1-2H3. The Bertz CT molecular complexity index is 1470. The van der Waals surface area contributed by atoms with Gasteiger partial charge in [0.25, 0.3) is 0 Å². The summed E-state index contributed by atoms with van der Waals surface area (Å²) in [5, 5.41) is 13.8. The van der Waals surface area contributed by atoms with Gasteiger partial charge in [0.1, 0.15) is 12.0 Å². The van der Waals surface area contributed by atoms with E-state index in [-0.39, 0.29) is 5.92 Å². The van der Waals surface area contributed by atoms with Crippen molar-refractivity contribution in [1.29, 1.82) is 0 Å². The van der Waals surface area contributed by atoms with Crippen molar-refractivity contribution in [3.8, 4) is 22.9 Å². The van der Waals surface area contributed by atoms with Gasteiger partial charge in [0.2, 0.25) is 11.7 Å². The first kappa shape index (κ1) is 19.8. The molecule has 1 aliphatic heterocycles. The van der Waals surface area contributed by atoms with Gasteiger partial charge in [-0.05, 0) is 30.3 Å². The molecule has 0 saturated carbocycles. The second kappa shape index (κ2) is 7.63. The zero-order chi connectivity index (χ0) is 22.5. The van der Waals surface area contributed by atoms with E-state index in [0.717, 1.165) is 34.2 Å². The highest BCUT2D eigenvalue weighted by Crippen LogP contribution is 2.34. The van der Waals surface area contributed by atoms with Crippen LogP contribution >= 0.6 is 11.6 Å². The normalized spacial score (nSPS) is 12.4. The highest BCUT2D eigenvalue weighted by atomic mass is 35.5. The van der Waals surface area contributed by atoms with Crippen LogP contribution in [0.2, 0.25) is 5.02 Å². The molecule has 9 nitrogen and oxygen atoms in total. The molecule has 0 bridgehead atoms. The first-order valence-corrected chi connectivity index (χ1v) is 11.0. The Morgan fingerprint density at radius 2 is 2.00 bits per heavy atom. The first-order valence-electron chi connectivity index (χ1n) is 10.6. The van der Waals surface area contributed by atoms with Crippen LogP contribution in [0.4, 0.5) is 0 Å². The van der Waals surface area contributed by atoms with Gasteiger partial charge in [-0.2, -0.15) is 4.98 Å². The maximum absolute atomic E-state index is 6.36. The van der Waals surface area contributed by atoms with E-state index in [9.17, 15) is 0 Å². The van der Waals surface area contributed by atoms with E-state index < -0.39 is 0 Å². The van der Waals surface area contributed by atoms with Gasteiger partial charge in [0.05, 0.1) is 28.5 Å². The van der Waals surface area contributed by atoms with E-state index in [2.05, 4.69) is 30.4 Å². The Balaban J connectivity index is 1.53. The predicted octanol–water partition coefficient (Wildman–Crippen LogP) is 4.17. The van der Waals surface area contributed by atoms with Crippen LogP contribution in [0.5, 0.6) is 0 Å². The number of imidazole rings is 1. The van der Waals surface area contributed by atoms with E-state index in [1.54, 1.807) is 12.5 Å². The molecule has 10 heteroatoms. The van der Waals surface area contributed by atoms with Crippen molar-refractivity contribution < 1.29 is 4.52 Å². The molecule has 0 amide bonds. The summed E-state index contributed by atoms with van der Waals surface area (Å²) in [6.07, 6.45) is 4.65. The van der Waals surface area contributed by atoms with Crippen LogP contribution in [0.1, 0.15) is 48.4 Å². The van der Waals surface area contributed by atoms with Crippen molar-refractivity contribution in [2.45, 2.75) is 32.6 Å². The molecule has 1 aromatic carbocycles. The maximum atomic E-state index is 6.36. The van der Waals surface area contributed by atoms with Crippen LogP contribution < -0.4 is 0 Å². The van der Waals surface area contributed by atoms with Crippen molar-refractivity contribution in [3.63, 3.8) is 0 Å². The summed E-state index contributed by atoms with van der Waals surface area (Å²) < 4.78 is 9.34. The van der Waals surface area contributed by atoms with Crippen LogP contribution in [0.15, 0.2) is 53.4 Å². The maximum Gasteiger partial charge on any atom is 0.229 e. The van der Waals surface area contributed by atoms with Gasteiger partial charge in [0.15, 0.2) is 0 Å². The molecule has 0 unspecified atom stereocenters. The van der Waals surface area contributed by atoms with Gasteiger partial charge in [-0.3, -0.25) is 9.55 Å². The number of aromatic nitrogens is 8. The van der Waals surface area contributed by atoms with E-state index in [0.29, 0.717) is 35.3 Å². The van der Waals surface area contributed by atoms with Crippen molar-refractivity contribution in [3.05, 3.63) is 82.6 Å². The van der Waals surface area contributed by atoms with Crippen LogP contribution in [0.3, 0.4) is 0 Å². The lowest BCUT2D eigenvalue weighted by Gasteiger charge is -2.09. The highest BCUT2D eigenvalue weighted by molar-refractivity contribution is 6.30. The number of halogens is 1. The molecule has 5 heterocycles. The Labute approximate surface area is 194 Å². The summed E-state index contributed by atoms with van der Waals surface area (Å²) in [6, 6.07) is 11.5. The van der Waals surface area contributed by atoms with Crippen LogP contribution in [-0.4, -0.2) is 39.7 Å². The molecular formula is C23H19ClN8O. The molecule has 0 fully saturated rings. The van der Waals surface area contributed by atoms with E-state index in [1.807, 2.05) is 59.5 Å². The van der Waals surface area contributed by atoms with Crippen LogP contribution in [-0.2, 0) is 12.8 Å². The molecule has 0 atom stereocenters. The molecule has 0 aliphatic carbocycles. The average molecular weight is 459 g/mol. The summed E-state index contributed by atoms with van der Waals surface area (Å²) in [7, 11) is 0. The smallest absolute Gasteiger partial charge is 0.229 e. The van der Waals surface area contributed by atoms with Gasteiger partial charge >= 0.3 is 0 Å². The van der Waals surface area contributed by atoms with Crippen molar-refractivity contribution in [2.24, 2.45) is 0 Å². The van der Waals surface area contributed by atoms with Crippen molar-refractivity contribution in [2.75, 3.05) is 0 Å². The second-order valence-corrected chi connectivity index (χ2v) is 8.66. The lowest BCUT2D eigenvalue weighted by atomic mass is 10.1. The fraction of sp³-hybridized carbons (Fsp3) is 0.217. The third kappa shape index (κ3) is 3.32. The fourth-order valence-corrected chi connectivity index (χ4v) is 4.21. The number of rotatable bonds is 4. The minimum atomic E-state index is 0.131. The van der Waals surface area contributed by atoms with Gasteiger partial charge in [0, 0.05) is 35.7 Å². The summed E-state index contributed by atoms with van der Waals surface area (Å²) in [6.45, 7) is 4.03. The minimum absolute atomic E-state index is 0.131. The number of hydrogen-bond acceptors (Lipinski definition) is 7. The Kier molecular flexibility index (Phi) is 4.58. The number of hydrogen-bond donors (Lipinski definition) is 0. The van der Waals surface area contributed by atoms with E-state index >= 15 is 0 Å². The number of benzene rings is 1. The van der Waals surface area contributed by atoms with Crippen LogP contribution in [0, 0.1) is 0 Å². The Morgan fingerprint density at radius 3 is 2.79 bits per heavy atom. The molecule has 1 aliphatic rings. The Hall–Kier alpha value is -3.85. The fourth-order valence-electron chi connectivity index (χ4n) is 4.05. The molecular weight excluding hydrogens is 440 g/mol. The lowest BCUT2D eigenvalue weighted by molar-refractivity contribution is 0.365. The van der Waals surface area contributed by atoms with Gasteiger partial charge in [-0.25, -0.2) is 9.67 Å². The van der Waals surface area contributed by atoms with E-state index in [1.165, 1.54) is 0 Å². The number of fused-ring (bicyclic) bond motifs is 5. The molecule has 5 aromatic rings. The molecule has 0 saturated heterocycles.